The van der Waals surface area contributed by atoms with Crippen LogP contribution in [0.4, 0.5) is 4.39 Å². The van der Waals surface area contributed by atoms with Crippen molar-refractivity contribution >= 4 is 30.7 Å². The highest BCUT2D eigenvalue weighted by Crippen LogP contribution is 2.22. The summed E-state index contributed by atoms with van der Waals surface area (Å²) < 4.78 is 19.0. The molecule has 156 valence electrons. The van der Waals surface area contributed by atoms with Gasteiger partial charge in [-0.05, 0) is 37.1 Å². The first kappa shape index (κ1) is 26.1. The summed E-state index contributed by atoms with van der Waals surface area (Å²) in [6, 6.07) is 6.61. The highest BCUT2D eigenvalue weighted by atomic mass is 35.5. The van der Waals surface area contributed by atoms with E-state index in [0.29, 0.717) is 32.7 Å². The molecule has 1 saturated heterocycles. The van der Waals surface area contributed by atoms with Crippen LogP contribution in [0.3, 0.4) is 0 Å². The van der Waals surface area contributed by atoms with Crippen LogP contribution in [-0.2, 0) is 9.53 Å². The minimum atomic E-state index is -0.248. The molecule has 27 heavy (non-hydrogen) atoms. The minimum absolute atomic E-state index is 0. The van der Waals surface area contributed by atoms with Crippen LogP contribution in [0.2, 0.25) is 0 Å². The second-order valence-electron chi connectivity index (χ2n) is 6.48. The van der Waals surface area contributed by atoms with Crippen molar-refractivity contribution in [1.29, 1.82) is 0 Å². The number of ether oxygens (including phenoxy) is 1. The van der Waals surface area contributed by atoms with E-state index in [2.05, 4.69) is 10.2 Å². The summed E-state index contributed by atoms with van der Waals surface area (Å²) in [5.41, 5.74) is 6.36. The Balaban J connectivity index is 0.00000338. The Bertz CT molecular complexity index is 531. The lowest BCUT2D eigenvalue weighted by atomic mass is 10.0. The third kappa shape index (κ3) is 9.72. The summed E-state index contributed by atoms with van der Waals surface area (Å²) in [6.07, 6.45) is 4.53. The molecule has 1 aromatic rings. The van der Waals surface area contributed by atoms with E-state index < -0.39 is 0 Å². The maximum Gasteiger partial charge on any atom is 0.220 e. The molecular formula is C19H32Cl2FN3O2. The Morgan fingerprint density at radius 2 is 1.89 bits per heavy atom. The van der Waals surface area contributed by atoms with Crippen LogP contribution < -0.4 is 11.1 Å². The average Bonchev–Trinajstić information content (AvgIpc) is 2.63. The van der Waals surface area contributed by atoms with E-state index in [-0.39, 0.29) is 42.6 Å². The zero-order valence-corrected chi connectivity index (χ0v) is 17.3. The Morgan fingerprint density at radius 1 is 1.19 bits per heavy atom. The first-order chi connectivity index (χ1) is 12.2. The molecule has 1 aliphatic rings. The third-order valence-corrected chi connectivity index (χ3v) is 4.57. The van der Waals surface area contributed by atoms with Gasteiger partial charge >= 0.3 is 0 Å². The number of benzene rings is 1. The van der Waals surface area contributed by atoms with Gasteiger partial charge in [-0.1, -0.05) is 25.0 Å². The Kier molecular flexibility index (Phi) is 14.5. The smallest absolute Gasteiger partial charge is 0.220 e. The van der Waals surface area contributed by atoms with Gasteiger partial charge in [-0.25, -0.2) is 4.39 Å². The van der Waals surface area contributed by atoms with Crippen LogP contribution in [0.15, 0.2) is 24.3 Å². The van der Waals surface area contributed by atoms with Crippen molar-refractivity contribution < 1.29 is 13.9 Å². The SMILES string of the molecule is Cl.Cl.NCCCCCCC(=O)NCC(c1cccc(F)c1)N1CCOCC1. The van der Waals surface area contributed by atoms with Crippen molar-refractivity contribution in [3.05, 3.63) is 35.6 Å². The molecule has 0 aromatic heterocycles. The molecule has 0 aliphatic carbocycles. The first-order valence-corrected chi connectivity index (χ1v) is 9.24. The number of halogens is 3. The Morgan fingerprint density at radius 3 is 2.56 bits per heavy atom. The van der Waals surface area contributed by atoms with E-state index in [0.717, 1.165) is 44.3 Å². The van der Waals surface area contributed by atoms with Crippen molar-refractivity contribution in [3.8, 4) is 0 Å². The van der Waals surface area contributed by atoms with Gasteiger partial charge in [-0.3, -0.25) is 9.69 Å². The Labute approximate surface area is 174 Å². The van der Waals surface area contributed by atoms with Crippen LogP contribution in [-0.4, -0.2) is 50.2 Å². The minimum Gasteiger partial charge on any atom is -0.379 e. The number of nitrogens with one attached hydrogen (secondary N) is 1. The summed E-state index contributed by atoms with van der Waals surface area (Å²) in [5, 5.41) is 3.02. The number of nitrogens with zero attached hydrogens (tertiary/aromatic N) is 1. The van der Waals surface area contributed by atoms with Crippen LogP contribution in [0, 0.1) is 5.82 Å². The summed E-state index contributed by atoms with van der Waals surface area (Å²) in [7, 11) is 0. The van der Waals surface area contributed by atoms with Gasteiger partial charge in [0.05, 0.1) is 19.3 Å². The number of morpholine rings is 1. The van der Waals surface area contributed by atoms with E-state index in [9.17, 15) is 9.18 Å². The van der Waals surface area contributed by atoms with Gasteiger partial charge in [0.2, 0.25) is 5.91 Å². The molecule has 0 radical (unpaired) electrons. The molecule has 0 spiro atoms. The fraction of sp³-hybridized carbons (Fsp3) is 0.632. The number of amides is 1. The van der Waals surface area contributed by atoms with Gasteiger partial charge in [0.1, 0.15) is 5.82 Å². The zero-order chi connectivity index (χ0) is 17.9. The molecule has 3 N–H and O–H groups in total. The number of hydrogen-bond donors (Lipinski definition) is 2. The largest absolute Gasteiger partial charge is 0.379 e. The molecule has 1 unspecified atom stereocenters. The second kappa shape index (κ2) is 15.1. The van der Waals surface area contributed by atoms with Gasteiger partial charge in [-0.15, -0.1) is 24.8 Å². The van der Waals surface area contributed by atoms with Crippen LogP contribution in [0.5, 0.6) is 0 Å². The van der Waals surface area contributed by atoms with E-state index in [1.54, 1.807) is 12.1 Å². The lowest BCUT2D eigenvalue weighted by Gasteiger charge is -2.35. The van der Waals surface area contributed by atoms with Gasteiger partial charge in [0.15, 0.2) is 0 Å². The number of unbranched alkanes of at least 4 members (excludes halogenated alkanes) is 3. The summed E-state index contributed by atoms with van der Waals surface area (Å²) in [4.78, 5) is 14.4. The summed E-state index contributed by atoms with van der Waals surface area (Å²) >= 11 is 0. The fourth-order valence-electron chi connectivity index (χ4n) is 3.14. The van der Waals surface area contributed by atoms with E-state index in [4.69, 9.17) is 10.5 Å². The van der Waals surface area contributed by atoms with Gasteiger partial charge in [0.25, 0.3) is 0 Å². The molecule has 1 atom stereocenters. The maximum atomic E-state index is 13.6. The van der Waals surface area contributed by atoms with Gasteiger partial charge in [-0.2, -0.15) is 0 Å². The molecule has 8 heteroatoms. The highest BCUT2D eigenvalue weighted by Gasteiger charge is 2.23. The van der Waals surface area contributed by atoms with Gasteiger partial charge in [0, 0.05) is 26.1 Å². The predicted molar refractivity (Wildman–Crippen MR) is 111 cm³/mol. The number of carbonyl (C=O) groups is 1. The normalized spacial score (nSPS) is 15.3. The van der Waals surface area contributed by atoms with Crippen molar-refractivity contribution in [2.75, 3.05) is 39.4 Å². The van der Waals surface area contributed by atoms with Crippen LogP contribution in [0.25, 0.3) is 0 Å². The van der Waals surface area contributed by atoms with E-state index in [1.807, 2.05) is 6.07 Å². The Hall–Kier alpha value is -0.920. The second-order valence-corrected chi connectivity index (χ2v) is 6.48. The monoisotopic (exact) mass is 423 g/mol. The number of rotatable bonds is 10. The third-order valence-electron chi connectivity index (χ3n) is 4.57. The van der Waals surface area contributed by atoms with Crippen molar-refractivity contribution in [2.45, 2.75) is 38.1 Å². The molecular weight excluding hydrogens is 392 g/mol. The molecule has 1 aromatic carbocycles. The van der Waals surface area contributed by atoms with E-state index in [1.165, 1.54) is 6.07 Å². The first-order valence-electron chi connectivity index (χ1n) is 9.24. The maximum absolute atomic E-state index is 13.6. The standard InChI is InChI=1S/C19H30FN3O2.2ClH/c20-17-7-5-6-16(14-17)18(23-10-12-25-13-11-23)15-22-19(24)8-3-1-2-4-9-21;;/h5-7,14,18H,1-4,8-13,15,21H2,(H,22,24);2*1H. The molecule has 1 fully saturated rings. The topological polar surface area (TPSA) is 67.6 Å². The number of carbonyl (C=O) groups excluding carboxylic acids is 1. The van der Waals surface area contributed by atoms with Gasteiger partial charge < -0.3 is 15.8 Å². The molecule has 0 saturated carbocycles. The molecule has 0 bridgehead atoms. The van der Waals surface area contributed by atoms with E-state index >= 15 is 0 Å². The predicted octanol–water partition coefficient (Wildman–Crippen LogP) is 3.07. The highest BCUT2D eigenvalue weighted by molar-refractivity contribution is 5.85. The van der Waals surface area contributed by atoms with Crippen molar-refractivity contribution in [3.63, 3.8) is 0 Å². The molecule has 2 rings (SSSR count). The molecule has 1 heterocycles. The average molecular weight is 424 g/mol. The fourth-order valence-corrected chi connectivity index (χ4v) is 3.14. The summed E-state index contributed by atoms with van der Waals surface area (Å²) in [6.45, 7) is 4.11. The molecule has 5 nitrogen and oxygen atoms in total. The van der Waals surface area contributed by atoms with Crippen LogP contribution in [0.1, 0.15) is 43.7 Å². The lowest BCUT2D eigenvalue weighted by Crippen LogP contribution is -2.43. The zero-order valence-electron chi connectivity index (χ0n) is 15.7. The van der Waals surface area contributed by atoms with Crippen LogP contribution >= 0.6 is 24.8 Å². The number of nitrogens with two attached hydrogens (primary N) is 1. The number of hydrogen-bond acceptors (Lipinski definition) is 4. The van der Waals surface area contributed by atoms with Crippen molar-refractivity contribution in [1.82, 2.24) is 10.2 Å². The molecule has 1 aliphatic heterocycles. The lowest BCUT2D eigenvalue weighted by molar-refractivity contribution is -0.121. The molecule has 1 amide bonds. The summed E-state index contributed by atoms with van der Waals surface area (Å²) in [5.74, 6) is -0.190. The quantitative estimate of drug-likeness (QED) is 0.567. The van der Waals surface area contributed by atoms with Crippen molar-refractivity contribution in [2.24, 2.45) is 5.73 Å².